The van der Waals surface area contributed by atoms with Gasteiger partial charge in [0.1, 0.15) is 11.5 Å². The number of hydrogen-bond acceptors (Lipinski definition) is 6. The molecule has 172 valence electrons. The summed E-state index contributed by atoms with van der Waals surface area (Å²) in [5, 5.41) is 17.1. The predicted octanol–water partition coefficient (Wildman–Crippen LogP) is 6.43. The zero-order valence-corrected chi connectivity index (χ0v) is 19.2. The average molecular weight is 482 g/mol. The van der Waals surface area contributed by atoms with Gasteiger partial charge in [-0.15, -0.1) is 11.8 Å². The van der Waals surface area contributed by atoms with E-state index < -0.39 is 4.92 Å². The Kier molecular flexibility index (Phi) is 6.28. The highest BCUT2D eigenvalue weighted by molar-refractivity contribution is 8.00. The molecule has 1 aliphatic rings. The molecule has 8 heteroatoms. The van der Waals surface area contributed by atoms with Gasteiger partial charge in [-0.1, -0.05) is 48.5 Å². The molecule has 0 saturated carbocycles. The molecule has 0 N–H and O–H groups in total. The van der Waals surface area contributed by atoms with Crippen LogP contribution in [0.15, 0.2) is 117 Å². The van der Waals surface area contributed by atoms with E-state index in [1.807, 2.05) is 60.7 Å². The first kappa shape index (κ1) is 22.4. The van der Waals surface area contributed by atoms with E-state index in [1.165, 1.54) is 17.1 Å². The first-order valence-electron chi connectivity index (χ1n) is 10.8. The molecule has 35 heavy (non-hydrogen) atoms. The van der Waals surface area contributed by atoms with Crippen LogP contribution in [0.2, 0.25) is 0 Å². The van der Waals surface area contributed by atoms with Gasteiger partial charge < -0.3 is 4.42 Å². The molecule has 2 heterocycles. The van der Waals surface area contributed by atoms with Crippen LogP contribution in [0.25, 0.3) is 17.4 Å². The van der Waals surface area contributed by atoms with Crippen molar-refractivity contribution in [3.8, 4) is 11.3 Å². The van der Waals surface area contributed by atoms with Crippen molar-refractivity contribution in [1.29, 1.82) is 0 Å². The van der Waals surface area contributed by atoms with Gasteiger partial charge in [-0.3, -0.25) is 14.9 Å². The molecule has 0 unspecified atom stereocenters. The minimum atomic E-state index is -0.447. The molecular formula is C27H19N3O4S. The summed E-state index contributed by atoms with van der Waals surface area (Å²) < 4.78 is 5.94. The summed E-state index contributed by atoms with van der Waals surface area (Å²) in [6.45, 7) is 0. The fourth-order valence-corrected chi connectivity index (χ4v) is 4.49. The molecule has 0 atom stereocenters. The average Bonchev–Trinajstić information content (AvgIpc) is 3.49. The second kappa shape index (κ2) is 9.82. The first-order chi connectivity index (χ1) is 17.1. The van der Waals surface area contributed by atoms with Crippen LogP contribution in [0.1, 0.15) is 5.76 Å². The van der Waals surface area contributed by atoms with Gasteiger partial charge >= 0.3 is 0 Å². The van der Waals surface area contributed by atoms with Crippen molar-refractivity contribution in [3.63, 3.8) is 0 Å². The second-order valence-corrected chi connectivity index (χ2v) is 8.72. The lowest BCUT2D eigenvalue weighted by Crippen LogP contribution is -2.21. The lowest BCUT2D eigenvalue weighted by atomic mass is 10.1. The molecule has 0 bridgehead atoms. The number of anilines is 1. The predicted molar refractivity (Wildman–Crippen MR) is 137 cm³/mol. The number of nitro benzene ring substituents is 1. The molecule has 0 aliphatic carbocycles. The number of para-hydroxylation sites is 1. The maximum Gasteiger partial charge on any atom is 0.280 e. The Hall–Kier alpha value is -4.43. The van der Waals surface area contributed by atoms with Crippen molar-refractivity contribution >= 4 is 40.8 Å². The van der Waals surface area contributed by atoms with Gasteiger partial charge in [0.25, 0.3) is 11.6 Å². The van der Waals surface area contributed by atoms with Crippen molar-refractivity contribution in [2.45, 2.75) is 4.90 Å². The van der Waals surface area contributed by atoms with E-state index in [1.54, 1.807) is 42.1 Å². The SMILES string of the molecule is O=C1C(=Cc2ccc(-c3cccc([N+](=O)[O-])c3)o2)C(CSc2ccccc2)=NN1c1ccccc1. The normalized spacial score (nSPS) is 14.4. The fourth-order valence-electron chi connectivity index (χ4n) is 3.62. The summed E-state index contributed by atoms with van der Waals surface area (Å²) in [6.07, 6.45) is 1.68. The third-order valence-corrected chi connectivity index (χ3v) is 6.35. The van der Waals surface area contributed by atoms with E-state index in [4.69, 9.17) is 4.42 Å². The van der Waals surface area contributed by atoms with Crippen molar-refractivity contribution in [1.82, 2.24) is 0 Å². The van der Waals surface area contributed by atoms with Gasteiger partial charge in [0.05, 0.1) is 21.9 Å². The highest BCUT2D eigenvalue weighted by Gasteiger charge is 2.31. The number of rotatable bonds is 7. The topological polar surface area (TPSA) is 88.9 Å². The van der Waals surface area contributed by atoms with Crippen LogP contribution in [0.3, 0.4) is 0 Å². The van der Waals surface area contributed by atoms with E-state index in [0.717, 1.165) is 4.90 Å². The Balaban J connectivity index is 1.46. The van der Waals surface area contributed by atoms with Crippen LogP contribution in [0, 0.1) is 10.1 Å². The van der Waals surface area contributed by atoms with Gasteiger partial charge in [0, 0.05) is 28.3 Å². The number of non-ortho nitro benzene ring substituents is 1. The van der Waals surface area contributed by atoms with Crippen molar-refractivity contribution < 1.29 is 14.1 Å². The van der Waals surface area contributed by atoms with E-state index in [2.05, 4.69) is 5.10 Å². The number of furan rings is 1. The molecule has 5 rings (SSSR count). The van der Waals surface area contributed by atoms with Crippen molar-refractivity contribution in [3.05, 3.63) is 119 Å². The van der Waals surface area contributed by atoms with Crippen LogP contribution in [-0.2, 0) is 4.79 Å². The minimum absolute atomic E-state index is 0.0179. The monoisotopic (exact) mass is 481 g/mol. The number of nitro groups is 1. The number of thioether (sulfide) groups is 1. The molecule has 0 saturated heterocycles. The maximum atomic E-state index is 13.3. The lowest BCUT2D eigenvalue weighted by Gasteiger charge is -2.10. The number of hydrazone groups is 1. The molecule has 1 aromatic heterocycles. The largest absolute Gasteiger partial charge is 0.457 e. The molecule has 1 amide bonds. The smallest absolute Gasteiger partial charge is 0.280 e. The summed E-state index contributed by atoms with van der Waals surface area (Å²) in [6, 6.07) is 28.9. The van der Waals surface area contributed by atoms with Gasteiger partial charge in [-0.05, 0) is 42.5 Å². The number of nitrogens with zero attached hydrogens (tertiary/aromatic N) is 3. The molecule has 3 aromatic carbocycles. The van der Waals surface area contributed by atoms with Gasteiger partial charge in [-0.2, -0.15) is 10.1 Å². The van der Waals surface area contributed by atoms with E-state index in [0.29, 0.717) is 39.8 Å². The third-order valence-electron chi connectivity index (χ3n) is 5.33. The standard InChI is InChI=1S/C27H19N3O4S/c31-27-24(17-22-14-15-26(34-22)19-8-7-11-21(16-19)30(32)33)25(18-35-23-12-5-2-6-13-23)28-29(27)20-9-3-1-4-10-20/h1-17H,18H2. The second-order valence-electron chi connectivity index (χ2n) is 7.67. The van der Waals surface area contributed by atoms with Crippen LogP contribution in [0.4, 0.5) is 11.4 Å². The fraction of sp³-hybridized carbons (Fsp3) is 0.0370. The summed E-state index contributed by atoms with van der Waals surface area (Å²) in [5.41, 5.74) is 2.33. The zero-order valence-electron chi connectivity index (χ0n) is 18.4. The van der Waals surface area contributed by atoms with E-state index >= 15 is 0 Å². The number of carbonyl (C=O) groups is 1. The summed E-state index contributed by atoms with van der Waals surface area (Å²) in [5.74, 6) is 1.20. The Morgan fingerprint density at radius 2 is 1.69 bits per heavy atom. The third kappa shape index (κ3) is 4.92. The Morgan fingerprint density at radius 3 is 2.43 bits per heavy atom. The molecule has 0 spiro atoms. The highest BCUT2D eigenvalue weighted by Crippen LogP contribution is 2.30. The Bertz CT molecular complexity index is 1450. The van der Waals surface area contributed by atoms with Gasteiger partial charge in [0.2, 0.25) is 0 Å². The maximum absolute atomic E-state index is 13.3. The molecule has 0 fully saturated rings. The van der Waals surface area contributed by atoms with Gasteiger partial charge in [-0.25, -0.2) is 0 Å². The first-order valence-corrected chi connectivity index (χ1v) is 11.8. The summed E-state index contributed by atoms with van der Waals surface area (Å²) >= 11 is 1.59. The molecule has 0 radical (unpaired) electrons. The Morgan fingerprint density at radius 1 is 0.943 bits per heavy atom. The molecule has 4 aromatic rings. The number of hydrogen-bond donors (Lipinski definition) is 0. The van der Waals surface area contributed by atoms with Crippen molar-refractivity contribution in [2.75, 3.05) is 10.8 Å². The quantitative estimate of drug-likeness (QED) is 0.131. The van der Waals surface area contributed by atoms with Crippen LogP contribution < -0.4 is 5.01 Å². The van der Waals surface area contributed by atoms with Crippen LogP contribution in [0.5, 0.6) is 0 Å². The molecular weight excluding hydrogens is 462 g/mol. The van der Waals surface area contributed by atoms with Crippen molar-refractivity contribution in [2.24, 2.45) is 5.10 Å². The minimum Gasteiger partial charge on any atom is -0.457 e. The summed E-state index contributed by atoms with van der Waals surface area (Å²) in [4.78, 5) is 25.1. The lowest BCUT2D eigenvalue weighted by molar-refractivity contribution is -0.384. The van der Waals surface area contributed by atoms with E-state index in [-0.39, 0.29) is 11.6 Å². The number of carbonyl (C=O) groups excluding carboxylic acids is 1. The molecule has 7 nitrogen and oxygen atoms in total. The number of amides is 1. The van der Waals surface area contributed by atoms with Crippen LogP contribution >= 0.6 is 11.8 Å². The Labute approximate surface area is 205 Å². The van der Waals surface area contributed by atoms with Gasteiger partial charge in [0.15, 0.2) is 0 Å². The number of benzene rings is 3. The summed E-state index contributed by atoms with van der Waals surface area (Å²) in [7, 11) is 0. The molecule has 1 aliphatic heterocycles. The zero-order chi connectivity index (χ0) is 24.2. The highest BCUT2D eigenvalue weighted by atomic mass is 32.2. The van der Waals surface area contributed by atoms with E-state index in [9.17, 15) is 14.9 Å². The van der Waals surface area contributed by atoms with Crippen LogP contribution in [-0.4, -0.2) is 22.3 Å².